The molecule has 0 spiro atoms. The van der Waals surface area contributed by atoms with Crippen LogP contribution in [0.25, 0.3) is 0 Å². The van der Waals surface area contributed by atoms with Crippen molar-refractivity contribution in [3.05, 3.63) is 29.3 Å². The number of nitrogens with zero attached hydrogens (tertiary/aromatic N) is 1. The first-order chi connectivity index (χ1) is 9.99. The lowest BCUT2D eigenvalue weighted by Gasteiger charge is -2.45. The van der Waals surface area contributed by atoms with E-state index in [9.17, 15) is 13.5 Å². The number of hydrogen-bond donors (Lipinski definition) is 1. The molecule has 1 aromatic carbocycles. The maximum Gasteiger partial charge on any atom is 0.243 e. The van der Waals surface area contributed by atoms with Crippen LogP contribution in [0.4, 0.5) is 0 Å². The SMILES string of the molecule is O=S(=O)(c1ccc2c(c1)CCCC2)N1CC(O)(C2CC2)C1. The van der Waals surface area contributed by atoms with Crippen LogP contribution in [0.15, 0.2) is 23.1 Å². The zero-order valence-corrected chi connectivity index (χ0v) is 12.9. The number of benzene rings is 1. The third-order valence-corrected chi connectivity index (χ3v) is 6.98. The van der Waals surface area contributed by atoms with Crippen molar-refractivity contribution in [3.63, 3.8) is 0 Å². The molecule has 5 heteroatoms. The minimum atomic E-state index is -3.44. The van der Waals surface area contributed by atoms with E-state index in [4.69, 9.17) is 0 Å². The van der Waals surface area contributed by atoms with Gasteiger partial charge in [-0.1, -0.05) is 6.07 Å². The molecule has 3 aliphatic rings. The van der Waals surface area contributed by atoms with Crippen LogP contribution >= 0.6 is 0 Å². The number of aryl methyl sites for hydroxylation is 2. The highest BCUT2D eigenvalue weighted by Crippen LogP contribution is 2.45. The first-order valence-corrected chi connectivity index (χ1v) is 9.27. The number of sulfonamides is 1. The van der Waals surface area contributed by atoms with Crippen LogP contribution in [-0.4, -0.2) is 36.5 Å². The Morgan fingerprint density at radius 2 is 1.76 bits per heavy atom. The summed E-state index contributed by atoms with van der Waals surface area (Å²) < 4.78 is 26.7. The van der Waals surface area contributed by atoms with Crippen LogP contribution in [0.1, 0.15) is 36.8 Å². The van der Waals surface area contributed by atoms with Gasteiger partial charge in [-0.25, -0.2) is 8.42 Å². The smallest absolute Gasteiger partial charge is 0.243 e. The summed E-state index contributed by atoms with van der Waals surface area (Å²) in [6, 6.07) is 5.54. The third kappa shape index (κ3) is 2.22. The lowest BCUT2D eigenvalue weighted by molar-refractivity contribution is -0.0764. The molecule has 1 N–H and O–H groups in total. The predicted molar refractivity (Wildman–Crippen MR) is 79.5 cm³/mol. The maximum absolute atomic E-state index is 12.6. The van der Waals surface area contributed by atoms with Gasteiger partial charge in [-0.2, -0.15) is 4.31 Å². The zero-order chi connectivity index (χ0) is 14.7. The average molecular weight is 307 g/mol. The van der Waals surface area contributed by atoms with E-state index in [1.807, 2.05) is 12.1 Å². The summed E-state index contributed by atoms with van der Waals surface area (Å²) in [6.07, 6.45) is 6.43. The summed E-state index contributed by atoms with van der Waals surface area (Å²) in [7, 11) is -3.44. The largest absolute Gasteiger partial charge is 0.387 e. The maximum atomic E-state index is 12.6. The monoisotopic (exact) mass is 307 g/mol. The summed E-state index contributed by atoms with van der Waals surface area (Å²) in [5.74, 6) is 0.312. The summed E-state index contributed by atoms with van der Waals surface area (Å²) in [5, 5.41) is 10.3. The normalized spacial score (nSPS) is 25.2. The molecule has 2 fully saturated rings. The quantitative estimate of drug-likeness (QED) is 0.925. The highest BCUT2D eigenvalue weighted by atomic mass is 32.2. The van der Waals surface area contributed by atoms with Crippen molar-refractivity contribution in [2.45, 2.75) is 49.0 Å². The lowest BCUT2D eigenvalue weighted by atomic mass is 9.91. The average Bonchev–Trinajstić information content (AvgIpc) is 3.28. The van der Waals surface area contributed by atoms with E-state index in [2.05, 4.69) is 0 Å². The highest BCUT2D eigenvalue weighted by Gasteiger charge is 2.55. The molecule has 4 nitrogen and oxygen atoms in total. The van der Waals surface area contributed by atoms with Gasteiger partial charge in [0.05, 0.1) is 10.5 Å². The number of fused-ring (bicyclic) bond motifs is 1. The first kappa shape index (κ1) is 13.7. The molecule has 1 aliphatic heterocycles. The van der Waals surface area contributed by atoms with E-state index in [0.29, 0.717) is 10.8 Å². The van der Waals surface area contributed by atoms with E-state index in [-0.39, 0.29) is 13.1 Å². The molecule has 0 bridgehead atoms. The fourth-order valence-electron chi connectivity index (χ4n) is 3.63. The second kappa shape index (κ2) is 4.54. The Morgan fingerprint density at radius 1 is 1.10 bits per heavy atom. The van der Waals surface area contributed by atoms with Gasteiger partial charge in [-0.15, -0.1) is 0 Å². The third-order valence-electron chi connectivity index (χ3n) is 5.20. The van der Waals surface area contributed by atoms with Gasteiger partial charge in [-0.3, -0.25) is 0 Å². The van der Waals surface area contributed by atoms with Gasteiger partial charge < -0.3 is 5.11 Å². The molecule has 1 heterocycles. The lowest BCUT2D eigenvalue weighted by Crippen LogP contribution is -2.64. The molecule has 0 atom stereocenters. The van der Waals surface area contributed by atoms with Gasteiger partial charge in [0.1, 0.15) is 0 Å². The van der Waals surface area contributed by atoms with Crippen molar-refractivity contribution in [1.82, 2.24) is 4.31 Å². The highest BCUT2D eigenvalue weighted by molar-refractivity contribution is 7.89. The van der Waals surface area contributed by atoms with Crippen LogP contribution in [0, 0.1) is 5.92 Å². The second-order valence-electron chi connectivity index (χ2n) is 6.79. The molecule has 4 rings (SSSR count). The molecule has 21 heavy (non-hydrogen) atoms. The Morgan fingerprint density at radius 3 is 2.43 bits per heavy atom. The number of rotatable bonds is 3. The van der Waals surface area contributed by atoms with Crippen LogP contribution in [-0.2, 0) is 22.9 Å². The standard InChI is InChI=1S/C16H21NO3S/c18-16(14-6-7-14)10-17(11-16)21(19,20)15-8-5-12-3-1-2-4-13(12)9-15/h5,8-9,14,18H,1-4,6-7,10-11H2. The molecule has 1 saturated carbocycles. The van der Waals surface area contributed by atoms with E-state index in [1.165, 1.54) is 21.9 Å². The van der Waals surface area contributed by atoms with E-state index in [0.717, 1.165) is 32.1 Å². The second-order valence-corrected chi connectivity index (χ2v) is 8.73. The number of aliphatic hydroxyl groups is 1. The van der Waals surface area contributed by atoms with Gasteiger partial charge in [0.25, 0.3) is 0 Å². The Kier molecular flexibility index (Phi) is 2.97. The molecule has 2 aliphatic carbocycles. The molecule has 1 aromatic rings. The van der Waals surface area contributed by atoms with Crippen LogP contribution in [0.3, 0.4) is 0 Å². The Bertz CT molecular complexity index is 673. The van der Waals surface area contributed by atoms with Gasteiger partial charge in [0.2, 0.25) is 10.0 Å². The molecular weight excluding hydrogens is 286 g/mol. The fraction of sp³-hybridized carbons (Fsp3) is 0.625. The van der Waals surface area contributed by atoms with Crippen LogP contribution in [0.5, 0.6) is 0 Å². The Hall–Kier alpha value is -0.910. The molecule has 0 aromatic heterocycles. The van der Waals surface area contributed by atoms with Crippen molar-refractivity contribution < 1.29 is 13.5 Å². The fourth-order valence-corrected chi connectivity index (χ4v) is 5.25. The van der Waals surface area contributed by atoms with Gasteiger partial charge in [0, 0.05) is 13.1 Å². The van der Waals surface area contributed by atoms with Crippen molar-refractivity contribution in [2.24, 2.45) is 5.92 Å². The van der Waals surface area contributed by atoms with Crippen molar-refractivity contribution in [3.8, 4) is 0 Å². The Labute approximate surface area is 125 Å². The van der Waals surface area contributed by atoms with Crippen molar-refractivity contribution in [2.75, 3.05) is 13.1 Å². The zero-order valence-electron chi connectivity index (χ0n) is 12.1. The van der Waals surface area contributed by atoms with E-state index < -0.39 is 15.6 Å². The minimum Gasteiger partial charge on any atom is -0.387 e. The first-order valence-electron chi connectivity index (χ1n) is 7.83. The minimum absolute atomic E-state index is 0.261. The molecule has 0 amide bonds. The van der Waals surface area contributed by atoms with Crippen LogP contribution < -0.4 is 0 Å². The topological polar surface area (TPSA) is 57.6 Å². The number of β-amino-alcohol motifs (C(OH)–C–C–N with tert-alkyl or cyclic N) is 1. The molecular formula is C16H21NO3S. The van der Waals surface area contributed by atoms with Gasteiger partial charge >= 0.3 is 0 Å². The summed E-state index contributed by atoms with van der Waals surface area (Å²) in [5.41, 5.74) is 1.71. The Balaban J connectivity index is 1.57. The molecule has 0 unspecified atom stereocenters. The summed E-state index contributed by atoms with van der Waals surface area (Å²) in [6.45, 7) is 0.522. The van der Waals surface area contributed by atoms with E-state index in [1.54, 1.807) is 6.07 Å². The molecule has 1 saturated heterocycles. The van der Waals surface area contributed by atoms with Gasteiger partial charge in [-0.05, 0) is 67.7 Å². The number of hydrogen-bond acceptors (Lipinski definition) is 3. The van der Waals surface area contributed by atoms with Crippen molar-refractivity contribution >= 4 is 10.0 Å². The van der Waals surface area contributed by atoms with Crippen molar-refractivity contribution in [1.29, 1.82) is 0 Å². The van der Waals surface area contributed by atoms with Gasteiger partial charge in [0.15, 0.2) is 0 Å². The molecule has 114 valence electrons. The van der Waals surface area contributed by atoms with E-state index >= 15 is 0 Å². The predicted octanol–water partition coefficient (Wildman–Crippen LogP) is 1.71. The summed E-state index contributed by atoms with van der Waals surface area (Å²) >= 11 is 0. The van der Waals surface area contributed by atoms with Crippen LogP contribution in [0.2, 0.25) is 0 Å². The molecule has 0 radical (unpaired) electrons. The summed E-state index contributed by atoms with van der Waals surface area (Å²) in [4.78, 5) is 0.390.